The van der Waals surface area contributed by atoms with E-state index in [-0.39, 0.29) is 22.6 Å². The van der Waals surface area contributed by atoms with Crippen molar-refractivity contribution in [2.75, 3.05) is 0 Å². The highest BCUT2D eigenvalue weighted by Crippen LogP contribution is 2.31. The Morgan fingerprint density at radius 1 is 1.14 bits per heavy atom. The van der Waals surface area contributed by atoms with Gasteiger partial charge in [-0.05, 0) is 24.3 Å². The molecule has 0 aliphatic rings. The van der Waals surface area contributed by atoms with Crippen LogP contribution in [0.3, 0.4) is 0 Å². The molecule has 0 aliphatic carbocycles. The quantitative estimate of drug-likeness (QED) is 0.678. The van der Waals surface area contributed by atoms with Crippen molar-refractivity contribution in [1.29, 1.82) is 0 Å². The predicted molar refractivity (Wildman–Crippen MR) is 67.3 cm³/mol. The van der Waals surface area contributed by atoms with Crippen LogP contribution in [0, 0.1) is 0 Å². The lowest BCUT2D eigenvalue weighted by Crippen LogP contribution is -2.04. The van der Waals surface area contributed by atoms with Gasteiger partial charge in [0.2, 0.25) is 5.88 Å². The van der Waals surface area contributed by atoms with Crippen LogP contribution in [-0.4, -0.2) is 19.6 Å². The van der Waals surface area contributed by atoms with Crippen molar-refractivity contribution in [3.8, 4) is 11.6 Å². The molecule has 3 rings (SSSR count). The Balaban J connectivity index is 1.93. The van der Waals surface area contributed by atoms with E-state index in [1.807, 2.05) is 0 Å². The van der Waals surface area contributed by atoms with Crippen LogP contribution < -0.4 is 4.74 Å². The molecule has 2 heterocycles. The first-order valence-corrected chi connectivity index (χ1v) is 6.03. The second kappa shape index (κ2) is 4.88. The van der Waals surface area contributed by atoms with E-state index in [0.717, 1.165) is 12.1 Å². The third kappa shape index (κ3) is 2.75. The lowest BCUT2D eigenvalue weighted by Gasteiger charge is -2.09. The number of hydrogen-bond acceptors (Lipinski definition) is 4. The van der Waals surface area contributed by atoms with E-state index in [0.29, 0.717) is 0 Å². The maximum Gasteiger partial charge on any atom is 0.416 e. The number of alkyl halides is 3. The molecule has 0 unspecified atom stereocenters. The third-order valence-corrected chi connectivity index (χ3v) is 2.79. The largest absolute Gasteiger partial charge is 0.439 e. The second-order valence-corrected chi connectivity index (χ2v) is 4.40. The minimum absolute atomic E-state index is 0.136. The number of hydrogen-bond donors (Lipinski definition) is 0. The molecule has 3 aromatic rings. The first kappa shape index (κ1) is 13.6. The van der Waals surface area contributed by atoms with E-state index in [2.05, 4.69) is 15.1 Å². The molecule has 0 saturated heterocycles. The zero-order chi connectivity index (χ0) is 15.0. The van der Waals surface area contributed by atoms with Gasteiger partial charge < -0.3 is 4.74 Å². The van der Waals surface area contributed by atoms with Gasteiger partial charge in [-0.25, -0.2) is 0 Å². The lowest BCUT2D eigenvalue weighted by atomic mass is 10.2. The fourth-order valence-corrected chi connectivity index (χ4v) is 1.83. The molecule has 0 saturated carbocycles. The molecule has 2 aromatic heterocycles. The summed E-state index contributed by atoms with van der Waals surface area (Å²) in [4.78, 5) is 7.77. The first-order valence-electron chi connectivity index (χ1n) is 5.65. The zero-order valence-electron chi connectivity index (χ0n) is 10.2. The summed E-state index contributed by atoms with van der Waals surface area (Å²) in [7, 11) is 0. The highest BCUT2D eigenvalue weighted by atomic mass is 35.5. The first-order chi connectivity index (χ1) is 9.93. The Bertz CT molecular complexity index is 785. The maximum atomic E-state index is 12.5. The van der Waals surface area contributed by atoms with Gasteiger partial charge in [0.05, 0.1) is 5.56 Å². The minimum Gasteiger partial charge on any atom is -0.439 e. The van der Waals surface area contributed by atoms with Crippen molar-refractivity contribution in [3.63, 3.8) is 0 Å². The topological polar surface area (TPSA) is 52.3 Å². The van der Waals surface area contributed by atoms with Crippen molar-refractivity contribution in [2.24, 2.45) is 0 Å². The molecule has 0 radical (unpaired) electrons. The molecule has 0 N–H and O–H groups in total. The number of nitrogens with zero attached hydrogens (tertiary/aromatic N) is 4. The smallest absolute Gasteiger partial charge is 0.416 e. The van der Waals surface area contributed by atoms with Crippen LogP contribution in [0.4, 0.5) is 13.2 Å². The molecule has 108 valence electrons. The van der Waals surface area contributed by atoms with Crippen LogP contribution in [0.5, 0.6) is 11.6 Å². The summed E-state index contributed by atoms with van der Waals surface area (Å²) < 4.78 is 44.2. The van der Waals surface area contributed by atoms with Gasteiger partial charge in [0.15, 0.2) is 0 Å². The lowest BCUT2D eigenvalue weighted by molar-refractivity contribution is -0.137. The maximum absolute atomic E-state index is 12.5. The summed E-state index contributed by atoms with van der Waals surface area (Å²) >= 11 is 5.81. The van der Waals surface area contributed by atoms with Crippen LogP contribution in [0.25, 0.3) is 5.78 Å². The molecule has 21 heavy (non-hydrogen) atoms. The Kier molecular flexibility index (Phi) is 3.17. The average Bonchev–Trinajstić information content (AvgIpc) is 2.86. The molecular weight excluding hydrogens is 309 g/mol. The summed E-state index contributed by atoms with van der Waals surface area (Å²) in [5.74, 6) is 0.633. The number of benzene rings is 1. The molecular formula is C12H6ClF3N4O. The number of aromatic nitrogens is 4. The van der Waals surface area contributed by atoms with Crippen molar-refractivity contribution in [3.05, 3.63) is 47.4 Å². The predicted octanol–water partition coefficient (Wildman–Crippen LogP) is 3.59. The number of fused-ring (bicyclic) bond motifs is 1. The molecule has 0 atom stereocenters. The van der Waals surface area contributed by atoms with E-state index in [1.54, 1.807) is 0 Å². The Morgan fingerprint density at radius 3 is 2.52 bits per heavy atom. The zero-order valence-corrected chi connectivity index (χ0v) is 10.9. The van der Waals surface area contributed by atoms with Gasteiger partial charge in [-0.1, -0.05) is 11.6 Å². The summed E-state index contributed by atoms with van der Waals surface area (Å²) in [6, 6.07) is 5.66. The highest BCUT2D eigenvalue weighted by molar-refractivity contribution is 6.29. The summed E-state index contributed by atoms with van der Waals surface area (Å²) in [6.07, 6.45) is -3.13. The monoisotopic (exact) mass is 314 g/mol. The number of ether oxygens (including phenoxy) is 1. The fourth-order valence-electron chi connectivity index (χ4n) is 1.66. The van der Waals surface area contributed by atoms with Crippen LogP contribution in [0.1, 0.15) is 5.56 Å². The van der Waals surface area contributed by atoms with E-state index in [9.17, 15) is 13.2 Å². The van der Waals surface area contributed by atoms with Crippen LogP contribution in [0.2, 0.25) is 5.15 Å². The van der Waals surface area contributed by atoms with Crippen LogP contribution in [0.15, 0.2) is 36.7 Å². The molecule has 1 aromatic carbocycles. The fraction of sp³-hybridized carbons (Fsp3) is 0.0833. The van der Waals surface area contributed by atoms with Gasteiger partial charge in [-0.15, -0.1) is 0 Å². The van der Waals surface area contributed by atoms with Crippen molar-refractivity contribution >= 4 is 17.4 Å². The highest BCUT2D eigenvalue weighted by Gasteiger charge is 2.30. The summed E-state index contributed by atoms with van der Waals surface area (Å²) in [5, 5.41) is 4.03. The van der Waals surface area contributed by atoms with E-state index in [1.165, 1.54) is 29.0 Å². The van der Waals surface area contributed by atoms with Gasteiger partial charge in [-0.2, -0.15) is 32.8 Å². The van der Waals surface area contributed by atoms with Crippen molar-refractivity contribution < 1.29 is 17.9 Å². The molecule has 0 aliphatic heterocycles. The van der Waals surface area contributed by atoms with Crippen LogP contribution >= 0.6 is 11.6 Å². The molecule has 0 fully saturated rings. The average molecular weight is 315 g/mol. The Hall–Kier alpha value is -2.35. The SMILES string of the molecule is FC(F)(F)c1ccc(Oc2cc(Cl)nc3ncnn23)cc1. The van der Waals surface area contributed by atoms with Crippen molar-refractivity contribution in [1.82, 2.24) is 19.6 Å². The molecule has 5 nitrogen and oxygen atoms in total. The molecule has 0 spiro atoms. The standard InChI is InChI=1S/C12H6ClF3N4O/c13-9-5-10(20-11(19-9)17-6-18-20)21-8-3-1-7(2-4-8)12(14,15)16/h1-6H. The summed E-state index contributed by atoms with van der Waals surface area (Å²) in [6.45, 7) is 0. The van der Waals surface area contributed by atoms with Gasteiger partial charge in [0.1, 0.15) is 17.2 Å². The molecule has 0 amide bonds. The van der Waals surface area contributed by atoms with Gasteiger partial charge in [0.25, 0.3) is 5.78 Å². The van der Waals surface area contributed by atoms with Gasteiger partial charge in [0, 0.05) is 6.07 Å². The Morgan fingerprint density at radius 2 is 1.86 bits per heavy atom. The third-order valence-electron chi connectivity index (χ3n) is 2.59. The van der Waals surface area contributed by atoms with Gasteiger partial charge >= 0.3 is 6.18 Å². The number of halogens is 4. The second-order valence-electron chi connectivity index (χ2n) is 4.01. The molecule has 9 heteroatoms. The summed E-state index contributed by atoms with van der Waals surface area (Å²) in [5.41, 5.74) is -0.756. The minimum atomic E-state index is -4.39. The molecule has 0 bridgehead atoms. The van der Waals surface area contributed by atoms with Crippen molar-refractivity contribution in [2.45, 2.75) is 6.18 Å². The number of rotatable bonds is 2. The van der Waals surface area contributed by atoms with E-state index in [4.69, 9.17) is 16.3 Å². The van der Waals surface area contributed by atoms with E-state index < -0.39 is 11.7 Å². The van der Waals surface area contributed by atoms with E-state index >= 15 is 0 Å². The van der Waals surface area contributed by atoms with Gasteiger partial charge in [-0.3, -0.25) is 0 Å². The van der Waals surface area contributed by atoms with Crippen LogP contribution in [-0.2, 0) is 6.18 Å². The normalized spacial score (nSPS) is 11.8. The Labute approximate surface area is 121 Å².